The maximum atomic E-state index is 5.14. The predicted molar refractivity (Wildman–Crippen MR) is 80.0 cm³/mol. The molecule has 1 N–H and O–H groups in total. The highest BCUT2D eigenvalue weighted by atomic mass is 32.1. The number of nitrogens with zero attached hydrogens (tertiary/aromatic N) is 2. The van der Waals surface area contributed by atoms with Gasteiger partial charge >= 0.3 is 0 Å². The van der Waals surface area contributed by atoms with Crippen molar-refractivity contribution in [2.24, 2.45) is 0 Å². The second kappa shape index (κ2) is 7.62. The molecule has 5 heteroatoms. The van der Waals surface area contributed by atoms with Crippen molar-refractivity contribution in [1.82, 2.24) is 14.7 Å². The minimum atomic E-state index is 0.500. The average Bonchev–Trinajstić information content (AvgIpc) is 2.96. The zero-order valence-electron chi connectivity index (χ0n) is 11.8. The Morgan fingerprint density at radius 1 is 1.53 bits per heavy atom. The van der Waals surface area contributed by atoms with Gasteiger partial charge in [-0.15, -0.1) is 11.3 Å². The quantitative estimate of drug-likeness (QED) is 0.718. The highest BCUT2D eigenvalue weighted by Crippen LogP contribution is 2.14. The van der Waals surface area contributed by atoms with Crippen LogP contribution in [-0.2, 0) is 11.2 Å². The maximum absolute atomic E-state index is 5.14. The number of fused-ring (bicyclic) bond motifs is 1. The number of hydrogen-bond donors (Lipinski definition) is 1. The molecule has 0 aliphatic carbocycles. The topological polar surface area (TPSA) is 38.6 Å². The molecule has 0 radical (unpaired) electrons. The summed E-state index contributed by atoms with van der Waals surface area (Å²) in [5.74, 6) is 0. The van der Waals surface area contributed by atoms with Crippen molar-refractivity contribution in [2.75, 3.05) is 20.3 Å². The van der Waals surface area contributed by atoms with Crippen LogP contribution in [0.2, 0.25) is 0 Å². The first kappa shape index (κ1) is 14.5. The van der Waals surface area contributed by atoms with E-state index < -0.39 is 0 Å². The standard InChI is InChI=1S/C14H23N3OS/c1-3-6-15-12(5-4-8-18-2)10-13-11-17-7-9-19-14(17)16-13/h7,9,11-12,15H,3-6,8,10H2,1-2H3. The third kappa shape index (κ3) is 4.30. The molecule has 2 aromatic heterocycles. The summed E-state index contributed by atoms with van der Waals surface area (Å²) in [5, 5.41) is 5.68. The van der Waals surface area contributed by atoms with Gasteiger partial charge in [0.25, 0.3) is 0 Å². The summed E-state index contributed by atoms with van der Waals surface area (Å²) in [6, 6.07) is 0.500. The Morgan fingerprint density at radius 3 is 3.16 bits per heavy atom. The van der Waals surface area contributed by atoms with E-state index in [0.717, 1.165) is 37.4 Å². The average molecular weight is 281 g/mol. The van der Waals surface area contributed by atoms with Crippen LogP contribution in [0.1, 0.15) is 31.9 Å². The Balaban J connectivity index is 1.91. The van der Waals surface area contributed by atoms with E-state index in [9.17, 15) is 0 Å². The molecule has 0 bridgehead atoms. The molecule has 2 heterocycles. The van der Waals surface area contributed by atoms with Gasteiger partial charge in [0, 0.05) is 44.0 Å². The van der Waals surface area contributed by atoms with E-state index in [0.29, 0.717) is 6.04 Å². The van der Waals surface area contributed by atoms with Crippen LogP contribution in [0.25, 0.3) is 4.96 Å². The van der Waals surface area contributed by atoms with Crippen molar-refractivity contribution < 1.29 is 4.74 Å². The van der Waals surface area contributed by atoms with Crippen molar-refractivity contribution in [1.29, 1.82) is 0 Å². The van der Waals surface area contributed by atoms with E-state index in [1.807, 2.05) is 0 Å². The SMILES string of the molecule is CCCNC(CCCOC)Cc1cn2ccsc2n1. The van der Waals surface area contributed by atoms with Gasteiger partial charge in [-0.2, -0.15) is 0 Å². The first-order valence-corrected chi connectivity index (χ1v) is 7.85. The lowest BCUT2D eigenvalue weighted by Gasteiger charge is -2.17. The van der Waals surface area contributed by atoms with Gasteiger partial charge in [0.15, 0.2) is 4.96 Å². The normalized spacial score (nSPS) is 13.2. The number of imidazole rings is 1. The van der Waals surface area contributed by atoms with Gasteiger partial charge in [-0.1, -0.05) is 6.92 Å². The van der Waals surface area contributed by atoms with Crippen LogP contribution >= 0.6 is 11.3 Å². The van der Waals surface area contributed by atoms with Crippen molar-refractivity contribution in [3.63, 3.8) is 0 Å². The lowest BCUT2D eigenvalue weighted by atomic mass is 10.1. The van der Waals surface area contributed by atoms with E-state index in [1.54, 1.807) is 18.4 Å². The van der Waals surface area contributed by atoms with E-state index in [1.165, 1.54) is 12.1 Å². The van der Waals surface area contributed by atoms with Gasteiger partial charge in [-0.3, -0.25) is 4.40 Å². The fraction of sp³-hybridized carbons (Fsp3) is 0.643. The van der Waals surface area contributed by atoms with Crippen LogP contribution < -0.4 is 5.32 Å². The third-order valence-electron chi connectivity index (χ3n) is 3.18. The summed E-state index contributed by atoms with van der Waals surface area (Å²) >= 11 is 1.69. The fourth-order valence-corrected chi connectivity index (χ4v) is 2.94. The first-order valence-electron chi connectivity index (χ1n) is 6.97. The Labute approximate surface area is 118 Å². The van der Waals surface area contributed by atoms with Crippen LogP contribution in [0, 0.1) is 0 Å². The second-order valence-corrected chi connectivity index (χ2v) is 5.69. The van der Waals surface area contributed by atoms with Gasteiger partial charge in [0.05, 0.1) is 5.69 Å². The molecule has 2 aromatic rings. The van der Waals surface area contributed by atoms with Crippen molar-refractivity contribution in [2.45, 2.75) is 38.6 Å². The maximum Gasteiger partial charge on any atom is 0.193 e. The molecule has 4 nitrogen and oxygen atoms in total. The second-order valence-electron chi connectivity index (χ2n) is 4.82. The number of aromatic nitrogens is 2. The zero-order valence-corrected chi connectivity index (χ0v) is 12.6. The number of hydrogen-bond acceptors (Lipinski definition) is 4. The van der Waals surface area contributed by atoms with Crippen molar-refractivity contribution in [3.05, 3.63) is 23.5 Å². The van der Waals surface area contributed by atoms with Gasteiger partial charge in [-0.25, -0.2) is 4.98 Å². The summed E-state index contributed by atoms with van der Waals surface area (Å²) in [4.78, 5) is 5.74. The Bertz CT molecular complexity index is 451. The molecule has 0 aliphatic rings. The van der Waals surface area contributed by atoms with E-state index in [-0.39, 0.29) is 0 Å². The van der Waals surface area contributed by atoms with Crippen LogP contribution in [0.15, 0.2) is 17.8 Å². The van der Waals surface area contributed by atoms with Crippen LogP contribution in [0.3, 0.4) is 0 Å². The number of ether oxygens (including phenoxy) is 1. The summed E-state index contributed by atoms with van der Waals surface area (Å²) in [5.41, 5.74) is 1.18. The molecule has 0 fully saturated rings. The third-order valence-corrected chi connectivity index (χ3v) is 3.95. The molecule has 19 heavy (non-hydrogen) atoms. The molecular formula is C14H23N3OS. The number of nitrogens with one attached hydrogen (secondary N) is 1. The van der Waals surface area contributed by atoms with Crippen molar-refractivity contribution >= 4 is 16.3 Å². The molecular weight excluding hydrogens is 258 g/mol. The molecule has 0 amide bonds. The minimum Gasteiger partial charge on any atom is -0.385 e. The molecule has 0 aromatic carbocycles. The van der Waals surface area contributed by atoms with E-state index in [2.05, 4.69) is 39.4 Å². The van der Waals surface area contributed by atoms with Gasteiger partial charge in [-0.05, 0) is 25.8 Å². The summed E-state index contributed by atoms with van der Waals surface area (Å²) in [6.45, 7) is 4.11. The van der Waals surface area contributed by atoms with Gasteiger partial charge < -0.3 is 10.1 Å². The summed E-state index contributed by atoms with van der Waals surface area (Å²) in [7, 11) is 1.76. The van der Waals surface area contributed by atoms with E-state index in [4.69, 9.17) is 4.74 Å². The Hall–Kier alpha value is -0.910. The van der Waals surface area contributed by atoms with Gasteiger partial charge in [0.1, 0.15) is 0 Å². The van der Waals surface area contributed by atoms with E-state index >= 15 is 0 Å². The Kier molecular flexibility index (Phi) is 5.82. The van der Waals surface area contributed by atoms with Crippen LogP contribution in [0.5, 0.6) is 0 Å². The highest BCUT2D eigenvalue weighted by molar-refractivity contribution is 7.15. The molecule has 2 rings (SSSR count). The number of thiazole rings is 1. The summed E-state index contributed by atoms with van der Waals surface area (Å²) < 4.78 is 7.24. The molecule has 106 valence electrons. The molecule has 1 atom stereocenters. The van der Waals surface area contributed by atoms with Gasteiger partial charge in [0.2, 0.25) is 0 Å². The smallest absolute Gasteiger partial charge is 0.193 e. The zero-order chi connectivity index (χ0) is 13.5. The molecule has 0 spiro atoms. The number of methoxy groups -OCH3 is 1. The Morgan fingerprint density at radius 2 is 2.42 bits per heavy atom. The monoisotopic (exact) mass is 281 g/mol. The molecule has 0 saturated heterocycles. The number of rotatable bonds is 9. The lowest BCUT2D eigenvalue weighted by Crippen LogP contribution is -2.32. The van der Waals surface area contributed by atoms with Crippen molar-refractivity contribution in [3.8, 4) is 0 Å². The largest absolute Gasteiger partial charge is 0.385 e. The van der Waals surface area contributed by atoms with Crippen LogP contribution in [-0.4, -0.2) is 35.7 Å². The van der Waals surface area contributed by atoms with Crippen LogP contribution in [0.4, 0.5) is 0 Å². The highest BCUT2D eigenvalue weighted by Gasteiger charge is 2.11. The minimum absolute atomic E-state index is 0.500. The first-order chi connectivity index (χ1) is 9.33. The molecule has 0 saturated carbocycles. The summed E-state index contributed by atoms with van der Waals surface area (Å²) in [6.07, 6.45) is 8.61. The molecule has 1 unspecified atom stereocenters. The fourth-order valence-electron chi connectivity index (χ4n) is 2.23. The molecule has 0 aliphatic heterocycles. The predicted octanol–water partition coefficient (Wildman–Crippen LogP) is 2.73. The lowest BCUT2D eigenvalue weighted by molar-refractivity contribution is 0.188.